The molecule has 0 radical (unpaired) electrons. The average molecular weight is 354 g/mol. The first-order valence-corrected chi connectivity index (χ1v) is 6.47. The molecule has 3 N–H and O–H groups in total. The van der Waals surface area contributed by atoms with Crippen LogP contribution < -0.4 is 11.1 Å². The highest BCUT2D eigenvalue weighted by molar-refractivity contribution is 9.10. The van der Waals surface area contributed by atoms with Gasteiger partial charge < -0.3 is 11.1 Å². The van der Waals surface area contributed by atoms with Gasteiger partial charge >= 0.3 is 5.69 Å². The van der Waals surface area contributed by atoms with Crippen molar-refractivity contribution in [1.82, 2.24) is 0 Å². The summed E-state index contributed by atoms with van der Waals surface area (Å²) in [5.74, 6) is -1.48. The van der Waals surface area contributed by atoms with E-state index in [1.54, 1.807) is 12.1 Å². The molecule has 0 aliphatic carbocycles. The maximum Gasteiger partial charge on any atom is 0.306 e. The van der Waals surface area contributed by atoms with Gasteiger partial charge in [-0.15, -0.1) is 0 Å². The van der Waals surface area contributed by atoms with Gasteiger partial charge in [-0.25, -0.2) is 0 Å². The number of rotatable bonds is 3. The molecule has 0 aliphatic rings. The summed E-state index contributed by atoms with van der Waals surface area (Å²) in [6, 6.07) is 7.74. The van der Waals surface area contributed by atoms with E-state index in [1.807, 2.05) is 0 Å². The number of amides is 1. The predicted molar refractivity (Wildman–Crippen MR) is 79.6 cm³/mol. The first kappa shape index (κ1) is 14.9. The van der Waals surface area contributed by atoms with Crippen LogP contribution in [0.4, 0.5) is 21.5 Å². The fourth-order valence-electron chi connectivity index (χ4n) is 1.68. The monoisotopic (exact) mass is 353 g/mol. The Morgan fingerprint density at radius 3 is 2.62 bits per heavy atom. The molecule has 2 aromatic rings. The quantitative estimate of drug-likeness (QED) is 0.502. The number of benzene rings is 2. The van der Waals surface area contributed by atoms with E-state index in [0.717, 1.165) is 12.1 Å². The molecule has 0 aromatic heterocycles. The number of anilines is 2. The number of carbonyl (C=O) groups excluding carboxylic acids is 1. The molecule has 0 saturated heterocycles. The van der Waals surface area contributed by atoms with Crippen LogP contribution in [-0.4, -0.2) is 10.8 Å². The van der Waals surface area contributed by atoms with Crippen molar-refractivity contribution in [2.45, 2.75) is 0 Å². The Kier molecular flexibility index (Phi) is 4.18. The summed E-state index contributed by atoms with van der Waals surface area (Å²) in [6.45, 7) is 0. The number of nitro groups is 1. The van der Waals surface area contributed by atoms with E-state index in [9.17, 15) is 19.3 Å². The van der Waals surface area contributed by atoms with Gasteiger partial charge in [-0.2, -0.15) is 4.39 Å². The molecular formula is C13H9BrFN3O3. The minimum Gasteiger partial charge on any atom is -0.399 e. The molecule has 8 heteroatoms. The SMILES string of the molecule is Nc1cc(Br)cc(C(=O)Nc2ccc(F)c([N+](=O)[O-])c2)c1. The maximum atomic E-state index is 13.2. The third-order valence-electron chi connectivity index (χ3n) is 2.58. The van der Waals surface area contributed by atoms with Crippen LogP contribution in [-0.2, 0) is 0 Å². The van der Waals surface area contributed by atoms with Crippen LogP contribution in [0.25, 0.3) is 0 Å². The van der Waals surface area contributed by atoms with Gasteiger partial charge in [0, 0.05) is 27.5 Å². The zero-order chi connectivity index (χ0) is 15.6. The standard InChI is InChI=1S/C13H9BrFN3O3/c14-8-3-7(4-9(16)5-8)13(19)17-10-1-2-11(15)12(6-10)18(20)21/h1-6H,16H2,(H,17,19). The van der Waals surface area contributed by atoms with E-state index in [1.165, 1.54) is 12.1 Å². The molecule has 0 spiro atoms. The minimum absolute atomic E-state index is 0.117. The molecule has 21 heavy (non-hydrogen) atoms. The van der Waals surface area contributed by atoms with Crippen LogP contribution in [0.2, 0.25) is 0 Å². The average Bonchev–Trinajstić information content (AvgIpc) is 2.39. The third-order valence-corrected chi connectivity index (χ3v) is 3.04. The molecule has 0 atom stereocenters. The van der Waals surface area contributed by atoms with E-state index in [0.29, 0.717) is 10.2 Å². The van der Waals surface area contributed by atoms with Crippen molar-refractivity contribution in [1.29, 1.82) is 0 Å². The molecule has 2 aromatic carbocycles. The number of carbonyl (C=O) groups is 1. The lowest BCUT2D eigenvalue weighted by Gasteiger charge is -2.07. The van der Waals surface area contributed by atoms with E-state index in [4.69, 9.17) is 5.73 Å². The van der Waals surface area contributed by atoms with Gasteiger partial charge in [0.15, 0.2) is 0 Å². The number of hydrogen-bond donors (Lipinski definition) is 2. The van der Waals surface area contributed by atoms with Crippen LogP contribution in [0.5, 0.6) is 0 Å². The zero-order valence-corrected chi connectivity index (χ0v) is 12.1. The Hall–Kier alpha value is -2.48. The van der Waals surface area contributed by atoms with E-state index in [2.05, 4.69) is 21.2 Å². The van der Waals surface area contributed by atoms with Crippen molar-refractivity contribution in [2.75, 3.05) is 11.1 Å². The summed E-state index contributed by atoms with van der Waals surface area (Å²) < 4.78 is 13.8. The van der Waals surface area contributed by atoms with Crippen LogP contribution in [0.3, 0.4) is 0 Å². The van der Waals surface area contributed by atoms with E-state index in [-0.39, 0.29) is 11.3 Å². The first-order chi connectivity index (χ1) is 9.86. The minimum atomic E-state index is -0.968. The normalized spacial score (nSPS) is 10.2. The molecule has 1 amide bonds. The molecule has 0 bridgehead atoms. The zero-order valence-electron chi connectivity index (χ0n) is 10.5. The fourth-order valence-corrected chi connectivity index (χ4v) is 2.19. The first-order valence-electron chi connectivity index (χ1n) is 5.68. The lowest BCUT2D eigenvalue weighted by atomic mass is 10.2. The predicted octanol–water partition coefficient (Wildman–Crippen LogP) is 3.33. The molecular weight excluding hydrogens is 345 g/mol. The van der Waals surface area contributed by atoms with Gasteiger partial charge in [-0.3, -0.25) is 14.9 Å². The number of nitrogens with zero attached hydrogens (tertiary/aromatic N) is 1. The Balaban J connectivity index is 2.27. The summed E-state index contributed by atoms with van der Waals surface area (Å²) in [7, 11) is 0. The number of halogens is 2. The number of nitro benzene ring substituents is 1. The van der Waals surface area contributed by atoms with Crippen molar-refractivity contribution in [3.05, 3.63) is 62.4 Å². The van der Waals surface area contributed by atoms with Gasteiger partial charge in [0.05, 0.1) is 4.92 Å². The summed E-state index contributed by atoms with van der Waals surface area (Å²) in [6.07, 6.45) is 0. The van der Waals surface area contributed by atoms with Crippen molar-refractivity contribution in [2.24, 2.45) is 0 Å². The topological polar surface area (TPSA) is 98.3 Å². The highest BCUT2D eigenvalue weighted by Crippen LogP contribution is 2.23. The van der Waals surface area contributed by atoms with Gasteiger partial charge in [0.2, 0.25) is 5.82 Å². The number of nitrogen functional groups attached to an aromatic ring is 1. The molecule has 0 saturated carbocycles. The lowest BCUT2D eigenvalue weighted by molar-refractivity contribution is -0.387. The summed E-state index contributed by atoms with van der Waals surface area (Å²) in [5, 5.41) is 13.1. The molecule has 6 nitrogen and oxygen atoms in total. The summed E-state index contributed by atoms with van der Waals surface area (Å²) in [5.41, 5.74) is 5.70. The molecule has 0 aliphatic heterocycles. The Morgan fingerprint density at radius 1 is 1.29 bits per heavy atom. The van der Waals surface area contributed by atoms with Crippen LogP contribution in [0.1, 0.15) is 10.4 Å². The Bertz CT molecular complexity index is 716. The lowest BCUT2D eigenvalue weighted by Crippen LogP contribution is -2.12. The second kappa shape index (κ2) is 5.88. The summed E-state index contributed by atoms with van der Waals surface area (Å²) in [4.78, 5) is 21.8. The Morgan fingerprint density at radius 2 is 2.00 bits per heavy atom. The molecule has 2 rings (SSSR count). The number of hydrogen-bond acceptors (Lipinski definition) is 4. The van der Waals surface area contributed by atoms with Gasteiger partial charge in [0.25, 0.3) is 5.91 Å². The highest BCUT2D eigenvalue weighted by Gasteiger charge is 2.16. The number of nitrogens with two attached hydrogens (primary N) is 1. The maximum absolute atomic E-state index is 13.2. The van der Waals surface area contributed by atoms with Crippen molar-refractivity contribution < 1.29 is 14.1 Å². The fraction of sp³-hybridized carbons (Fsp3) is 0. The smallest absolute Gasteiger partial charge is 0.306 e. The van der Waals surface area contributed by atoms with Gasteiger partial charge in [-0.1, -0.05) is 15.9 Å². The molecule has 0 heterocycles. The van der Waals surface area contributed by atoms with Gasteiger partial charge in [0.1, 0.15) is 0 Å². The largest absolute Gasteiger partial charge is 0.399 e. The second-order valence-electron chi connectivity index (χ2n) is 4.15. The van der Waals surface area contributed by atoms with Crippen LogP contribution >= 0.6 is 15.9 Å². The highest BCUT2D eigenvalue weighted by atomic mass is 79.9. The Labute approximate surface area is 127 Å². The molecule has 108 valence electrons. The molecule has 0 fully saturated rings. The van der Waals surface area contributed by atoms with Crippen LogP contribution in [0.15, 0.2) is 40.9 Å². The van der Waals surface area contributed by atoms with E-state index >= 15 is 0 Å². The molecule has 0 unspecified atom stereocenters. The summed E-state index contributed by atoms with van der Waals surface area (Å²) >= 11 is 3.21. The second-order valence-corrected chi connectivity index (χ2v) is 5.07. The van der Waals surface area contributed by atoms with Crippen molar-refractivity contribution >= 4 is 38.9 Å². The van der Waals surface area contributed by atoms with Gasteiger partial charge in [-0.05, 0) is 30.3 Å². The van der Waals surface area contributed by atoms with Crippen molar-refractivity contribution in [3.63, 3.8) is 0 Å². The van der Waals surface area contributed by atoms with Crippen molar-refractivity contribution in [3.8, 4) is 0 Å². The van der Waals surface area contributed by atoms with Crippen LogP contribution in [0, 0.1) is 15.9 Å². The third kappa shape index (κ3) is 3.54. The number of nitrogens with one attached hydrogen (secondary N) is 1. The van der Waals surface area contributed by atoms with E-state index < -0.39 is 22.3 Å².